The number of carbonyl (C=O) groups is 1. The van der Waals surface area contributed by atoms with Crippen molar-refractivity contribution in [1.29, 1.82) is 0 Å². The third-order valence-corrected chi connectivity index (χ3v) is 6.97. The van der Waals surface area contributed by atoms with Gasteiger partial charge in [-0.3, -0.25) is 9.69 Å². The molecule has 0 saturated heterocycles. The second-order valence-corrected chi connectivity index (χ2v) is 9.43. The van der Waals surface area contributed by atoms with E-state index in [9.17, 15) is 4.79 Å². The van der Waals surface area contributed by atoms with E-state index in [2.05, 4.69) is 47.1 Å². The average Bonchev–Trinajstić information content (AvgIpc) is 3.41. The van der Waals surface area contributed by atoms with Crippen LogP contribution in [0, 0.1) is 6.92 Å². The lowest BCUT2D eigenvalue weighted by Gasteiger charge is -2.30. The number of thiazole rings is 1. The van der Waals surface area contributed by atoms with Crippen molar-refractivity contribution < 1.29 is 4.79 Å². The lowest BCUT2D eigenvalue weighted by Crippen LogP contribution is -2.39. The lowest BCUT2D eigenvalue weighted by molar-refractivity contribution is -0.112. The van der Waals surface area contributed by atoms with Crippen LogP contribution in [0.5, 0.6) is 0 Å². The van der Waals surface area contributed by atoms with Crippen molar-refractivity contribution in [1.82, 2.24) is 4.98 Å². The highest BCUT2D eigenvalue weighted by Gasteiger charge is 2.35. The van der Waals surface area contributed by atoms with Crippen molar-refractivity contribution in [3.8, 4) is 0 Å². The van der Waals surface area contributed by atoms with Crippen molar-refractivity contribution in [3.63, 3.8) is 0 Å². The Hall–Kier alpha value is -4.29. The van der Waals surface area contributed by atoms with Gasteiger partial charge in [0.15, 0.2) is 0 Å². The van der Waals surface area contributed by atoms with Gasteiger partial charge < -0.3 is 4.90 Å². The third kappa shape index (κ3) is 3.98. The van der Waals surface area contributed by atoms with E-state index >= 15 is 0 Å². The molecule has 2 heterocycles. The maximum absolute atomic E-state index is 13.8. The van der Waals surface area contributed by atoms with Crippen molar-refractivity contribution in [3.05, 3.63) is 114 Å². The van der Waals surface area contributed by atoms with Crippen LogP contribution in [0.3, 0.4) is 0 Å². The summed E-state index contributed by atoms with van der Waals surface area (Å²) in [5, 5.41) is 0.591. The molecule has 35 heavy (non-hydrogen) atoms. The zero-order valence-corrected chi connectivity index (χ0v) is 19.9. The highest BCUT2D eigenvalue weighted by atomic mass is 32.1. The third-order valence-electron chi connectivity index (χ3n) is 6.06. The maximum atomic E-state index is 13.8. The molecule has 5 nitrogen and oxygen atoms in total. The quantitative estimate of drug-likeness (QED) is 0.279. The standard InChI is InChI=1S/C29H22N4OS/c1-20-16-17-24-26(18-20)35-29(30-24)31-27-23-14-8-9-15-25(23)33(28(27)34)19-32(21-10-4-2-5-11-21)22-12-6-3-7-13-22/h2-18H,19H2,1H3. The predicted molar refractivity (Wildman–Crippen MR) is 144 cm³/mol. The summed E-state index contributed by atoms with van der Waals surface area (Å²) >= 11 is 1.50. The van der Waals surface area contributed by atoms with Gasteiger partial charge in [-0.15, -0.1) is 0 Å². The SMILES string of the molecule is Cc1ccc2nc(N=C3C(=O)N(CN(c4ccccc4)c4ccccc4)c4ccccc43)sc2c1. The summed E-state index contributed by atoms with van der Waals surface area (Å²) in [6.07, 6.45) is 0. The highest BCUT2D eigenvalue weighted by Crippen LogP contribution is 2.35. The van der Waals surface area contributed by atoms with Gasteiger partial charge in [-0.25, -0.2) is 9.98 Å². The fourth-order valence-corrected chi connectivity index (χ4v) is 5.28. The number of aromatic nitrogens is 1. The molecule has 4 aromatic carbocycles. The molecule has 0 N–H and O–H groups in total. The molecular weight excluding hydrogens is 452 g/mol. The first-order valence-corrected chi connectivity index (χ1v) is 12.2. The number of carbonyl (C=O) groups excluding carboxylic acids is 1. The topological polar surface area (TPSA) is 48.8 Å². The highest BCUT2D eigenvalue weighted by molar-refractivity contribution is 7.22. The van der Waals surface area contributed by atoms with E-state index in [0.717, 1.165) is 32.8 Å². The zero-order valence-electron chi connectivity index (χ0n) is 19.1. The van der Waals surface area contributed by atoms with Crippen LogP contribution in [0.15, 0.2) is 108 Å². The number of aryl methyl sites for hydroxylation is 1. The van der Waals surface area contributed by atoms with Gasteiger partial charge in [-0.2, -0.15) is 0 Å². The van der Waals surface area contributed by atoms with Crippen LogP contribution in [-0.2, 0) is 4.79 Å². The number of para-hydroxylation sites is 3. The number of hydrogen-bond donors (Lipinski definition) is 0. The fourth-order valence-electron chi connectivity index (χ4n) is 4.34. The van der Waals surface area contributed by atoms with E-state index in [1.54, 1.807) is 4.90 Å². The predicted octanol–water partition coefficient (Wildman–Crippen LogP) is 6.87. The van der Waals surface area contributed by atoms with Crippen LogP contribution in [0.4, 0.5) is 22.2 Å². The number of hydrogen-bond acceptors (Lipinski definition) is 5. The Morgan fingerprint density at radius 1 is 0.857 bits per heavy atom. The Morgan fingerprint density at radius 2 is 1.51 bits per heavy atom. The number of amides is 1. The number of aliphatic imine (C=N–C) groups is 1. The molecule has 0 bridgehead atoms. The van der Waals surface area contributed by atoms with Gasteiger partial charge in [0.2, 0.25) is 5.13 Å². The van der Waals surface area contributed by atoms with Crippen molar-refractivity contribution in [2.45, 2.75) is 6.92 Å². The number of anilines is 3. The number of benzene rings is 4. The second-order valence-electron chi connectivity index (χ2n) is 8.42. The molecule has 6 heteroatoms. The first-order chi connectivity index (χ1) is 17.2. The fraction of sp³-hybridized carbons (Fsp3) is 0.0690. The van der Waals surface area contributed by atoms with Gasteiger partial charge in [0.1, 0.15) is 12.4 Å². The summed E-state index contributed by atoms with van der Waals surface area (Å²) in [7, 11) is 0. The first kappa shape index (κ1) is 21.3. The van der Waals surface area contributed by atoms with Crippen molar-refractivity contribution in [2.75, 3.05) is 16.5 Å². The molecule has 0 fully saturated rings. The van der Waals surface area contributed by atoms with E-state index in [-0.39, 0.29) is 5.91 Å². The minimum atomic E-state index is -0.126. The zero-order chi connectivity index (χ0) is 23.8. The van der Waals surface area contributed by atoms with Gasteiger partial charge in [0, 0.05) is 16.9 Å². The van der Waals surface area contributed by atoms with E-state index in [1.807, 2.05) is 72.8 Å². The summed E-state index contributed by atoms with van der Waals surface area (Å²) in [6, 6.07) is 34.2. The minimum Gasteiger partial charge on any atom is -0.323 e. The Kier molecular flexibility index (Phi) is 5.35. The first-order valence-electron chi connectivity index (χ1n) is 11.4. The Bertz CT molecular complexity index is 1520. The Balaban J connectivity index is 1.41. The summed E-state index contributed by atoms with van der Waals surface area (Å²) in [6.45, 7) is 2.42. The van der Waals surface area contributed by atoms with Gasteiger partial charge >= 0.3 is 0 Å². The van der Waals surface area contributed by atoms with E-state index in [4.69, 9.17) is 4.99 Å². The number of fused-ring (bicyclic) bond motifs is 2. The van der Waals surface area contributed by atoms with Gasteiger partial charge in [0.25, 0.3) is 5.91 Å². The largest absolute Gasteiger partial charge is 0.323 e. The van der Waals surface area contributed by atoms with Gasteiger partial charge in [-0.05, 0) is 55.0 Å². The van der Waals surface area contributed by atoms with Crippen LogP contribution < -0.4 is 9.80 Å². The van der Waals surface area contributed by atoms with Crippen LogP contribution in [0.1, 0.15) is 11.1 Å². The molecule has 1 aliphatic heterocycles. The Morgan fingerprint density at radius 3 is 2.23 bits per heavy atom. The molecule has 1 amide bonds. The second kappa shape index (κ2) is 8.81. The molecule has 0 unspecified atom stereocenters. The molecule has 0 radical (unpaired) electrons. The molecule has 0 saturated carbocycles. The normalized spacial score (nSPS) is 14.0. The summed E-state index contributed by atoms with van der Waals surface area (Å²) in [5.74, 6) is -0.126. The van der Waals surface area contributed by atoms with E-state index in [1.165, 1.54) is 16.9 Å². The van der Waals surface area contributed by atoms with E-state index in [0.29, 0.717) is 17.5 Å². The number of nitrogens with zero attached hydrogens (tertiary/aromatic N) is 4. The summed E-state index contributed by atoms with van der Waals surface area (Å²) in [5.41, 5.74) is 6.20. The maximum Gasteiger partial charge on any atom is 0.279 e. The van der Waals surface area contributed by atoms with Crippen LogP contribution in [-0.4, -0.2) is 23.3 Å². The summed E-state index contributed by atoms with van der Waals surface area (Å²) < 4.78 is 1.07. The number of rotatable bonds is 5. The van der Waals surface area contributed by atoms with Crippen LogP contribution in [0.25, 0.3) is 10.2 Å². The molecule has 1 aliphatic rings. The molecule has 1 aromatic heterocycles. The molecule has 5 aromatic rings. The average molecular weight is 475 g/mol. The monoisotopic (exact) mass is 474 g/mol. The van der Waals surface area contributed by atoms with Crippen molar-refractivity contribution >= 4 is 55.4 Å². The van der Waals surface area contributed by atoms with Crippen LogP contribution in [0.2, 0.25) is 0 Å². The smallest absolute Gasteiger partial charge is 0.279 e. The molecular formula is C29H22N4OS. The lowest BCUT2D eigenvalue weighted by atomic mass is 10.1. The minimum absolute atomic E-state index is 0.126. The van der Waals surface area contributed by atoms with Gasteiger partial charge in [0.05, 0.1) is 15.9 Å². The van der Waals surface area contributed by atoms with Gasteiger partial charge in [-0.1, -0.05) is 72.0 Å². The molecule has 6 rings (SSSR count). The van der Waals surface area contributed by atoms with E-state index < -0.39 is 0 Å². The molecule has 0 aliphatic carbocycles. The molecule has 170 valence electrons. The molecule has 0 spiro atoms. The Labute approximate surface area is 207 Å². The summed E-state index contributed by atoms with van der Waals surface area (Å²) in [4.78, 5) is 27.1. The van der Waals surface area contributed by atoms with Crippen LogP contribution >= 0.6 is 11.3 Å². The molecule has 0 atom stereocenters. The van der Waals surface area contributed by atoms with Crippen molar-refractivity contribution in [2.24, 2.45) is 4.99 Å².